The van der Waals surface area contributed by atoms with E-state index in [4.69, 9.17) is 5.11 Å². The van der Waals surface area contributed by atoms with E-state index in [-0.39, 0.29) is 16.3 Å². The molecule has 0 fully saturated rings. The predicted molar refractivity (Wildman–Crippen MR) is 67.1 cm³/mol. The zero-order valence-corrected chi connectivity index (χ0v) is 9.95. The average Bonchev–Trinajstić information content (AvgIpc) is 2.38. The number of benzene rings is 1. The number of hydrogen-bond acceptors (Lipinski definition) is 4. The molecule has 6 heteroatoms. The van der Waals surface area contributed by atoms with Gasteiger partial charge in [-0.25, -0.2) is 14.2 Å². The number of carboxylic acids is 1. The van der Waals surface area contributed by atoms with Crippen LogP contribution in [0.4, 0.5) is 10.1 Å². The summed E-state index contributed by atoms with van der Waals surface area (Å²) >= 11 is 0.961. The van der Waals surface area contributed by atoms with Crippen molar-refractivity contribution in [3.63, 3.8) is 0 Å². The number of rotatable bonds is 4. The van der Waals surface area contributed by atoms with Crippen LogP contribution in [0.2, 0.25) is 0 Å². The van der Waals surface area contributed by atoms with Gasteiger partial charge in [-0.3, -0.25) is 0 Å². The zero-order valence-electron chi connectivity index (χ0n) is 9.13. The van der Waals surface area contributed by atoms with Crippen molar-refractivity contribution in [2.24, 2.45) is 0 Å². The predicted octanol–water partition coefficient (Wildman–Crippen LogP) is 3.04. The maximum atomic E-state index is 13.3. The van der Waals surface area contributed by atoms with E-state index in [0.29, 0.717) is 0 Å². The second-order valence-electron chi connectivity index (χ2n) is 3.35. The maximum absolute atomic E-state index is 13.3. The highest BCUT2D eigenvalue weighted by molar-refractivity contribution is 8.00. The Morgan fingerprint density at radius 2 is 2.06 bits per heavy atom. The number of nitrogens with one attached hydrogen (secondary N) is 1. The van der Waals surface area contributed by atoms with E-state index in [1.807, 2.05) is 0 Å². The van der Waals surface area contributed by atoms with Gasteiger partial charge in [-0.05, 0) is 24.3 Å². The molecule has 0 radical (unpaired) electrons. The lowest BCUT2D eigenvalue weighted by atomic mass is 10.3. The number of anilines is 1. The van der Waals surface area contributed by atoms with Gasteiger partial charge in [-0.15, -0.1) is 0 Å². The van der Waals surface area contributed by atoms with Crippen LogP contribution in [0.15, 0.2) is 47.6 Å². The lowest BCUT2D eigenvalue weighted by Crippen LogP contribution is -2.02. The minimum Gasteiger partial charge on any atom is -0.478 e. The number of nitrogens with zero attached hydrogens (tertiary/aromatic N) is 1. The molecule has 0 amide bonds. The van der Waals surface area contributed by atoms with Crippen molar-refractivity contribution in [2.75, 3.05) is 4.72 Å². The van der Waals surface area contributed by atoms with Crippen molar-refractivity contribution in [2.45, 2.75) is 5.03 Å². The first-order valence-electron chi connectivity index (χ1n) is 5.04. The summed E-state index contributed by atoms with van der Waals surface area (Å²) in [7, 11) is 0. The molecular formula is C12H9FN2O2S. The lowest BCUT2D eigenvalue weighted by molar-refractivity contribution is 0.0692. The third kappa shape index (κ3) is 2.78. The van der Waals surface area contributed by atoms with E-state index < -0.39 is 11.8 Å². The molecule has 0 spiro atoms. The molecule has 0 saturated carbocycles. The Morgan fingerprint density at radius 1 is 1.28 bits per heavy atom. The lowest BCUT2D eigenvalue weighted by Gasteiger charge is -2.07. The molecule has 0 aliphatic rings. The van der Waals surface area contributed by atoms with Crippen LogP contribution in [0.3, 0.4) is 0 Å². The van der Waals surface area contributed by atoms with E-state index in [1.165, 1.54) is 24.4 Å². The van der Waals surface area contributed by atoms with Gasteiger partial charge in [0.15, 0.2) is 0 Å². The Bertz CT molecular complexity index is 578. The monoisotopic (exact) mass is 264 g/mol. The summed E-state index contributed by atoms with van der Waals surface area (Å²) in [6.07, 6.45) is 1.48. The molecule has 1 aromatic carbocycles. The molecule has 0 aliphatic carbocycles. The average molecular weight is 264 g/mol. The molecule has 0 saturated heterocycles. The summed E-state index contributed by atoms with van der Waals surface area (Å²) < 4.78 is 16.1. The van der Waals surface area contributed by atoms with Gasteiger partial charge in [0, 0.05) is 18.1 Å². The number of pyridine rings is 1. The highest BCUT2D eigenvalue weighted by atomic mass is 32.2. The third-order valence-electron chi connectivity index (χ3n) is 2.13. The van der Waals surface area contributed by atoms with Gasteiger partial charge in [0.25, 0.3) is 0 Å². The van der Waals surface area contributed by atoms with Crippen LogP contribution in [0.1, 0.15) is 10.4 Å². The summed E-state index contributed by atoms with van der Waals surface area (Å²) in [6.45, 7) is 0. The van der Waals surface area contributed by atoms with Crippen LogP contribution < -0.4 is 4.72 Å². The number of carboxylic acid groups (broad SMARTS) is 1. The summed E-state index contributed by atoms with van der Waals surface area (Å²) in [5.41, 5.74) is 0.357. The molecule has 92 valence electrons. The number of carbonyl (C=O) groups is 1. The van der Waals surface area contributed by atoms with Crippen molar-refractivity contribution >= 4 is 23.6 Å². The van der Waals surface area contributed by atoms with Gasteiger partial charge in [0.2, 0.25) is 0 Å². The normalized spacial score (nSPS) is 10.1. The second-order valence-corrected chi connectivity index (χ2v) is 4.14. The highest BCUT2D eigenvalue weighted by Gasteiger charge is 2.11. The van der Waals surface area contributed by atoms with Gasteiger partial charge >= 0.3 is 5.97 Å². The van der Waals surface area contributed by atoms with Crippen LogP contribution in [-0.4, -0.2) is 16.1 Å². The number of aromatic nitrogens is 1. The van der Waals surface area contributed by atoms with Crippen LogP contribution in [-0.2, 0) is 0 Å². The van der Waals surface area contributed by atoms with E-state index in [0.717, 1.165) is 11.9 Å². The van der Waals surface area contributed by atoms with Crippen LogP contribution in [0.25, 0.3) is 0 Å². The first-order chi connectivity index (χ1) is 8.68. The fourth-order valence-corrected chi connectivity index (χ4v) is 2.03. The molecule has 4 nitrogen and oxygen atoms in total. The zero-order chi connectivity index (χ0) is 13.0. The van der Waals surface area contributed by atoms with Crippen molar-refractivity contribution < 1.29 is 14.3 Å². The Labute approximate surface area is 107 Å². The standard InChI is InChI=1S/C12H9FN2O2S/c13-9-5-1-2-6-10(9)15-18-11-8(12(16)17)4-3-7-14-11/h1-7,15H,(H,16,17). The molecule has 1 heterocycles. The third-order valence-corrected chi connectivity index (χ3v) is 2.97. The van der Waals surface area contributed by atoms with Crippen molar-refractivity contribution in [1.82, 2.24) is 4.98 Å². The Kier molecular flexibility index (Phi) is 3.78. The highest BCUT2D eigenvalue weighted by Crippen LogP contribution is 2.24. The van der Waals surface area contributed by atoms with E-state index in [1.54, 1.807) is 18.2 Å². The quantitative estimate of drug-likeness (QED) is 0.831. The van der Waals surface area contributed by atoms with E-state index >= 15 is 0 Å². The Morgan fingerprint density at radius 3 is 2.78 bits per heavy atom. The molecule has 2 rings (SSSR count). The van der Waals surface area contributed by atoms with E-state index in [9.17, 15) is 9.18 Å². The minimum absolute atomic E-state index is 0.0753. The number of hydrogen-bond donors (Lipinski definition) is 2. The summed E-state index contributed by atoms with van der Waals surface area (Å²) in [5.74, 6) is -1.47. The molecule has 0 aliphatic heterocycles. The van der Waals surface area contributed by atoms with Gasteiger partial charge in [-0.1, -0.05) is 12.1 Å². The molecule has 1 aromatic heterocycles. The number of para-hydroxylation sites is 1. The molecular weight excluding hydrogens is 255 g/mol. The first kappa shape index (κ1) is 12.4. The van der Waals surface area contributed by atoms with Crippen molar-refractivity contribution in [3.05, 3.63) is 54.0 Å². The van der Waals surface area contributed by atoms with Gasteiger partial charge in [-0.2, -0.15) is 0 Å². The SMILES string of the molecule is O=C(O)c1cccnc1SNc1ccccc1F. The summed E-state index contributed by atoms with van der Waals surface area (Å²) in [4.78, 5) is 14.9. The van der Waals surface area contributed by atoms with Crippen LogP contribution in [0.5, 0.6) is 0 Å². The van der Waals surface area contributed by atoms with Crippen molar-refractivity contribution in [1.29, 1.82) is 0 Å². The molecule has 18 heavy (non-hydrogen) atoms. The molecule has 0 atom stereocenters. The molecule has 2 aromatic rings. The fraction of sp³-hybridized carbons (Fsp3) is 0. The summed E-state index contributed by atoms with van der Waals surface area (Å²) in [6, 6.07) is 9.12. The number of halogens is 1. The van der Waals surface area contributed by atoms with E-state index in [2.05, 4.69) is 9.71 Å². The largest absolute Gasteiger partial charge is 0.478 e. The Hall–Kier alpha value is -2.08. The van der Waals surface area contributed by atoms with Crippen LogP contribution in [0, 0.1) is 5.82 Å². The van der Waals surface area contributed by atoms with Crippen molar-refractivity contribution in [3.8, 4) is 0 Å². The van der Waals surface area contributed by atoms with Crippen LogP contribution >= 0.6 is 11.9 Å². The first-order valence-corrected chi connectivity index (χ1v) is 5.86. The number of aromatic carboxylic acids is 1. The Balaban J connectivity index is 2.16. The minimum atomic E-state index is -1.07. The van der Waals surface area contributed by atoms with Gasteiger partial charge < -0.3 is 9.83 Å². The fourth-order valence-electron chi connectivity index (χ4n) is 1.28. The summed E-state index contributed by atoms with van der Waals surface area (Å²) in [5, 5.41) is 9.25. The topological polar surface area (TPSA) is 62.2 Å². The van der Waals surface area contributed by atoms with Gasteiger partial charge in [0.05, 0.1) is 11.3 Å². The van der Waals surface area contributed by atoms with Gasteiger partial charge in [0.1, 0.15) is 10.8 Å². The molecule has 0 unspecified atom stereocenters. The molecule has 0 bridgehead atoms. The molecule has 2 N–H and O–H groups in total. The second kappa shape index (κ2) is 5.50. The maximum Gasteiger partial charge on any atom is 0.338 e. The smallest absolute Gasteiger partial charge is 0.338 e.